The fourth-order valence-corrected chi connectivity index (χ4v) is 3.52. The van der Waals surface area contributed by atoms with Crippen LogP contribution in [-0.4, -0.2) is 43.4 Å². The lowest BCUT2D eigenvalue weighted by atomic mass is 9.91. The Balaban J connectivity index is 2.15. The van der Waals surface area contributed by atoms with Gasteiger partial charge in [0, 0.05) is 31.0 Å². The molecule has 1 aliphatic rings. The molecule has 1 aromatic heterocycles. The van der Waals surface area contributed by atoms with E-state index in [0.717, 1.165) is 12.8 Å². The van der Waals surface area contributed by atoms with Crippen molar-refractivity contribution >= 4 is 10.0 Å². The van der Waals surface area contributed by atoms with Gasteiger partial charge in [-0.2, -0.15) is 4.31 Å². The maximum atomic E-state index is 12.4. The van der Waals surface area contributed by atoms with Crippen LogP contribution in [-0.2, 0) is 10.0 Å². The SMILES string of the molecule is CNC1(C)CCN(S(=O)(=O)c2cccnc2)CC1. The van der Waals surface area contributed by atoms with Crippen LogP contribution in [0.1, 0.15) is 19.8 Å². The average Bonchev–Trinajstić information content (AvgIpc) is 2.40. The molecular formula is C12H19N3O2S. The van der Waals surface area contributed by atoms with Crippen LogP contribution in [0.2, 0.25) is 0 Å². The highest BCUT2D eigenvalue weighted by Crippen LogP contribution is 2.25. The third-order valence-corrected chi connectivity index (χ3v) is 5.58. The number of aromatic nitrogens is 1. The third kappa shape index (κ3) is 2.55. The van der Waals surface area contributed by atoms with E-state index in [1.54, 1.807) is 22.6 Å². The van der Waals surface area contributed by atoms with E-state index in [-0.39, 0.29) is 10.4 Å². The molecule has 6 heteroatoms. The summed E-state index contributed by atoms with van der Waals surface area (Å²) < 4.78 is 26.2. The normalized spacial score (nSPS) is 20.8. The molecule has 1 fully saturated rings. The molecule has 1 aromatic rings. The van der Waals surface area contributed by atoms with E-state index in [1.807, 2.05) is 7.05 Å². The number of rotatable bonds is 3. The second kappa shape index (κ2) is 4.95. The Morgan fingerprint density at radius 1 is 1.39 bits per heavy atom. The molecule has 1 N–H and O–H groups in total. The number of hydrogen-bond donors (Lipinski definition) is 1. The van der Waals surface area contributed by atoms with Gasteiger partial charge in [-0.3, -0.25) is 4.98 Å². The zero-order valence-corrected chi connectivity index (χ0v) is 11.6. The van der Waals surface area contributed by atoms with E-state index in [1.165, 1.54) is 6.20 Å². The monoisotopic (exact) mass is 269 g/mol. The molecule has 0 amide bonds. The fraction of sp³-hybridized carbons (Fsp3) is 0.583. The smallest absolute Gasteiger partial charge is 0.244 e. The van der Waals surface area contributed by atoms with Crippen LogP contribution in [0.5, 0.6) is 0 Å². The lowest BCUT2D eigenvalue weighted by molar-refractivity contribution is 0.219. The topological polar surface area (TPSA) is 62.3 Å². The fourth-order valence-electron chi connectivity index (χ4n) is 2.12. The minimum absolute atomic E-state index is 0.0426. The maximum Gasteiger partial charge on any atom is 0.244 e. The quantitative estimate of drug-likeness (QED) is 0.883. The molecule has 0 spiro atoms. The Morgan fingerprint density at radius 2 is 2.06 bits per heavy atom. The molecule has 0 atom stereocenters. The van der Waals surface area contributed by atoms with E-state index in [9.17, 15) is 8.42 Å². The van der Waals surface area contributed by atoms with Gasteiger partial charge < -0.3 is 5.32 Å². The molecule has 2 heterocycles. The molecule has 0 aliphatic carbocycles. The number of nitrogens with zero attached hydrogens (tertiary/aromatic N) is 2. The minimum atomic E-state index is -3.38. The van der Waals surface area contributed by atoms with Crippen LogP contribution in [0.4, 0.5) is 0 Å². The molecule has 2 rings (SSSR count). The summed E-state index contributed by atoms with van der Waals surface area (Å²) in [5.74, 6) is 0. The first-order chi connectivity index (χ1) is 8.48. The lowest BCUT2D eigenvalue weighted by Crippen LogP contribution is -2.51. The van der Waals surface area contributed by atoms with Gasteiger partial charge in [0.05, 0.1) is 0 Å². The van der Waals surface area contributed by atoms with Gasteiger partial charge in [0.1, 0.15) is 4.90 Å². The molecule has 0 unspecified atom stereocenters. The van der Waals surface area contributed by atoms with E-state index in [4.69, 9.17) is 0 Å². The number of piperidine rings is 1. The summed E-state index contributed by atoms with van der Waals surface area (Å²) >= 11 is 0. The molecule has 1 aliphatic heterocycles. The van der Waals surface area contributed by atoms with E-state index in [2.05, 4.69) is 17.2 Å². The van der Waals surface area contributed by atoms with Crippen molar-refractivity contribution in [2.45, 2.75) is 30.2 Å². The standard InChI is InChI=1S/C12H19N3O2S/c1-12(13-2)5-8-15(9-6-12)18(16,17)11-4-3-7-14-10-11/h3-4,7,10,13H,5-6,8-9H2,1-2H3. The van der Waals surface area contributed by atoms with Gasteiger partial charge >= 0.3 is 0 Å². The van der Waals surface area contributed by atoms with Gasteiger partial charge in [-0.05, 0) is 38.9 Å². The van der Waals surface area contributed by atoms with E-state index in [0.29, 0.717) is 13.1 Å². The van der Waals surface area contributed by atoms with Gasteiger partial charge in [-0.15, -0.1) is 0 Å². The van der Waals surface area contributed by atoms with E-state index >= 15 is 0 Å². The number of pyridine rings is 1. The van der Waals surface area contributed by atoms with E-state index < -0.39 is 10.0 Å². The Morgan fingerprint density at radius 3 is 2.56 bits per heavy atom. The number of nitrogens with one attached hydrogen (secondary N) is 1. The Labute approximate surface area is 108 Å². The van der Waals surface area contributed by atoms with Gasteiger partial charge in [0.15, 0.2) is 0 Å². The van der Waals surface area contributed by atoms with Gasteiger partial charge in [-0.1, -0.05) is 0 Å². The van der Waals surface area contributed by atoms with Gasteiger partial charge in [0.25, 0.3) is 0 Å². The second-order valence-corrected chi connectivity index (χ2v) is 6.84. The number of sulfonamides is 1. The van der Waals surface area contributed by atoms with Crippen molar-refractivity contribution in [3.63, 3.8) is 0 Å². The molecule has 0 bridgehead atoms. The van der Waals surface area contributed by atoms with Gasteiger partial charge in [0.2, 0.25) is 10.0 Å². The van der Waals surface area contributed by atoms with Gasteiger partial charge in [-0.25, -0.2) is 8.42 Å². The summed E-state index contributed by atoms with van der Waals surface area (Å²) in [5, 5.41) is 3.26. The van der Waals surface area contributed by atoms with Crippen molar-refractivity contribution in [2.24, 2.45) is 0 Å². The van der Waals surface area contributed by atoms with Crippen LogP contribution < -0.4 is 5.32 Å². The Bertz CT molecular complexity index is 493. The summed E-state index contributed by atoms with van der Waals surface area (Å²) in [6.07, 6.45) is 4.63. The van der Waals surface area contributed by atoms with Crippen LogP contribution in [0, 0.1) is 0 Å². The van der Waals surface area contributed by atoms with Crippen molar-refractivity contribution in [3.8, 4) is 0 Å². The molecule has 18 heavy (non-hydrogen) atoms. The van der Waals surface area contributed by atoms with Crippen molar-refractivity contribution in [1.29, 1.82) is 0 Å². The van der Waals surface area contributed by atoms with Crippen LogP contribution in [0.15, 0.2) is 29.4 Å². The zero-order chi connectivity index (χ0) is 13.2. The average molecular weight is 269 g/mol. The third-order valence-electron chi connectivity index (χ3n) is 3.70. The molecule has 100 valence electrons. The first-order valence-electron chi connectivity index (χ1n) is 6.07. The molecule has 0 saturated carbocycles. The maximum absolute atomic E-state index is 12.4. The summed E-state index contributed by atoms with van der Waals surface area (Å²) in [4.78, 5) is 4.15. The summed E-state index contributed by atoms with van der Waals surface area (Å²) in [6, 6.07) is 3.24. The highest BCUT2D eigenvalue weighted by Gasteiger charge is 2.34. The highest BCUT2D eigenvalue weighted by molar-refractivity contribution is 7.89. The summed E-state index contributed by atoms with van der Waals surface area (Å²) in [6.45, 7) is 3.23. The molecule has 0 radical (unpaired) electrons. The van der Waals surface area contributed by atoms with Crippen molar-refractivity contribution < 1.29 is 8.42 Å². The predicted octanol–water partition coefficient (Wildman–Crippen LogP) is 0.844. The zero-order valence-electron chi connectivity index (χ0n) is 10.8. The summed E-state index contributed by atoms with van der Waals surface area (Å²) in [7, 11) is -1.46. The van der Waals surface area contributed by atoms with Crippen LogP contribution in [0.3, 0.4) is 0 Å². The highest BCUT2D eigenvalue weighted by atomic mass is 32.2. The molecular weight excluding hydrogens is 250 g/mol. The Hall–Kier alpha value is -0.980. The second-order valence-electron chi connectivity index (χ2n) is 4.90. The molecule has 0 aromatic carbocycles. The largest absolute Gasteiger partial charge is 0.314 e. The van der Waals surface area contributed by atoms with Crippen molar-refractivity contribution in [1.82, 2.24) is 14.6 Å². The first-order valence-corrected chi connectivity index (χ1v) is 7.51. The minimum Gasteiger partial charge on any atom is -0.314 e. The lowest BCUT2D eigenvalue weighted by Gasteiger charge is -2.38. The number of hydrogen-bond acceptors (Lipinski definition) is 4. The first kappa shape index (κ1) is 13.5. The van der Waals surface area contributed by atoms with Crippen LogP contribution >= 0.6 is 0 Å². The molecule has 1 saturated heterocycles. The van der Waals surface area contributed by atoms with Crippen LogP contribution in [0.25, 0.3) is 0 Å². The predicted molar refractivity (Wildman–Crippen MR) is 69.7 cm³/mol. The van der Waals surface area contributed by atoms with Crippen molar-refractivity contribution in [3.05, 3.63) is 24.5 Å². The molecule has 5 nitrogen and oxygen atoms in total. The Kier molecular flexibility index (Phi) is 3.70. The van der Waals surface area contributed by atoms with Crippen molar-refractivity contribution in [2.75, 3.05) is 20.1 Å². The summed E-state index contributed by atoms with van der Waals surface area (Å²) in [5.41, 5.74) is 0.0426.